The van der Waals surface area contributed by atoms with Crippen LogP contribution in [0.4, 0.5) is 11.5 Å². The number of nitrogens with one attached hydrogen (secondary N) is 1. The molecule has 30 heavy (non-hydrogen) atoms. The molecule has 0 bridgehead atoms. The van der Waals surface area contributed by atoms with Crippen molar-refractivity contribution in [3.8, 4) is 0 Å². The molecule has 7 nitrogen and oxygen atoms in total. The summed E-state index contributed by atoms with van der Waals surface area (Å²) >= 11 is 1.76. The molecule has 0 fully saturated rings. The smallest absolute Gasteiger partial charge is 0.263 e. The third-order valence-electron chi connectivity index (χ3n) is 4.78. The van der Waals surface area contributed by atoms with Gasteiger partial charge in [0, 0.05) is 36.1 Å². The van der Waals surface area contributed by atoms with Crippen LogP contribution in [-0.4, -0.2) is 36.9 Å². The van der Waals surface area contributed by atoms with Gasteiger partial charge in [0.15, 0.2) is 5.82 Å². The standard InChI is InChI=1S/C21H22N4O3S2/c1-24-13-18(20(22-24)23-30(2,27)28)21(26)25-11-10-16-12-17(8-9-19(16)25)29-14-15-6-4-3-5-7-15/h3-9,12-13H,10-11,14H2,1-2H3,(H,22,23). The first-order valence-corrected chi connectivity index (χ1v) is 12.3. The molecule has 0 unspecified atom stereocenters. The van der Waals surface area contributed by atoms with Gasteiger partial charge in [0.25, 0.3) is 5.91 Å². The number of hydrogen-bond donors (Lipinski definition) is 1. The Balaban J connectivity index is 1.53. The number of fused-ring (bicyclic) bond motifs is 1. The van der Waals surface area contributed by atoms with Crippen LogP contribution in [0.15, 0.2) is 59.6 Å². The number of carbonyl (C=O) groups excluding carboxylic acids is 1. The molecule has 2 heterocycles. The highest BCUT2D eigenvalue weighted by Crippen LogP contribution is 2.34. The molecule has 156 valence electrons. The van der Waals surface area contributed by atoms with Crippen molar-refractivity contribution >= 4 is 39.2 Å². The summed E-state index contributed by atoms with van der Waals surface area (Å²) in [6.07, 6.45) is 3.34. The molecule has 0 aliphatic carbocycles. The fraction of sp³-hybridized carbons (Fsp3) is 0.238. The first kappa shape index (κ1) is 20.5. The number of amides is 1. The van der Waals surface area contributed by atoms with Gasteiger partial charge >= 0.3 is 0 Å². The topological polar surface area (TPSA) is 84.3 Å². The molecule has 0 atom stereocenters. The second kappa shape index (κ2) is 8.16. The Labute approximate surface area is 180 Å². The van der Waals surface area contributed by atoms with E-state index in [0.29, 0.717) is 6.54 Å². The summed E-state index contributed by atoms with van der Waals surface area (Å²) in [6, 6.07) is 16.4. The number of rotatable bonds is 6. The van der Waals surface area contributed by atoms with Crippen molar-refractivity contribution in [1.82, 2.24) is 9.78 Å². The minimum atomic E-state index is -3.54. The molecule has 3 aromatic rings. The number of aryl methyl sites for hydroxylation is 1. The minimum Gasteiger partial charge on any atom is -0.308 e. The van der Waals surface area contributed by atoms with Crippen LogP contribution in [0.5, 0.6) is 0 Å². The number of hydrogen-bond acceptors (Lipinski definition) is 5. The molecule has 9 heteroatoms. The number of nitrogens with zero attached hydrogens (tertiary/aromatic N) is 3. The van der Waals surface area contributed by atoms with Gasteiger partial charge in [-0.2, -0.15) is 5.10 Å². The van der Waals surface area contributed by atoms with Crippen molar-refractivity contribution in [3.63, 3.8) is 0 Å². The van der Waals surface area contributed by atoms with Crippen LogP contribution in [0.3, 0.4) is 0 Å². The summed E-state index contributed by atoms with van der Waals surface area (Å²) in [5.74, 6) is 0.671. The summed E-state index contributed by atoms with van der Waals surface area (Å²) < 4.78 is 27.0. The zero-order valence-electron chi connectivity index (χ0n) is 16.7. The van der Waals surface area contributed by atoms with Gasteiger partial charge in [-0.25, -0.2) is 8.42 Å². The number of aromatic nitrogens is 2. The maximum Gasteiger partial charge on any atom is 0.263 e. The van der Waals surface area contributed by atoms with Gasteiger partial charge < -0.3 is 4.90 Å². The van der Waals surface area contributed by atoms with Crippen LogP contribution in [0, 0.1) is 0 Å². The lowest BCUT2D eigenvalue weighted by Crippen LogP contribution is -2.29. The Hall–Kier alpha value is -2.78. The molecule has 0 saturated carbocycles. The fourth-order valence-electron chi connectivity index (χ4n) is 3.46. The quantitative estimate of drug-likeness (QED) is 0.592. The van der Waals surface area contributed by atoms with Crippen LogP contribution in [0.1, 0.15) is 21.5 Å². The predicted molar refractivity (Wildman–Crippen MR) is 120 cm³/mol. The molecule has 1 N–H and O–H groups in total. The van der Waals surface area contributed by atoms with Crippen molar-refractivity contribution in [2.24, 2.45) is 7.05 Å². The summed E-state index contributed by atoms with van der Waals surface area (Å²) in [7, 11) is -1.89. The molecule has 2 aromatic carbocycles. The Bertz CT molecular complexity index is 1190. The highest BCUT2D eigenvalue weighted by Gasteiger charge is 2.29. The average Bonchev–Trinajstić information content (AvgIpc) is 3.28. The zero-order chi connectivity index (χ0) is 21.3. The van der Waals surface area contributed by atoms with Crippen LogP contribution >= 0.6 is 11.8 Å². The number of carbonyl (C=O) groups is 1. The third kappa shape index (κ3) is 4.52. The van der Waals surface area contributed by atoms with Crippen LogP contribution in [0.25, 0.3) is 0 Å². The van der Waals surface area contributed by atoms with Gasteiger partial charge in [-0.3, -0.25) is 14.2 Å². The van der Waals surface area contributed by atoms with E-state index in [2.05, 4.69) is 28.0 Å². The Morgan fingerprint density at radius 3 is 2.70 bits per heavy atom. The maximum absolute atomic E-state index is 13.2. The van der Waals surface area contributed by atoms with Crippen molar-refractivity contribution in [1.29, 1.82) is 0 Å². The zero-order valence-corrected chi connectivity index (χ0v) is 18.3. The lowest BCUT2D eigenvalue weighted by molar-refractivity contribution is 0.0990. The lowest BCUT2D eigenvalue weighted by atomic mass is 10.2. The maximum atomic E-state index is 13.2. The first-order chi connectivity index (χ1) is 14.3. The van der Waals surface area contributed by atoms with Crippen molar-refractivity contribution in [2.45, 2.75) is 17.1 Å². The van der Waals surface area contributed by atoms with Crippen LogP contribution in [0.2, 0.25) is 0 Å². The number of benzene rings is 2. The second-order valence-corrected chi connectivity index (χ2v) is 10.0. The third-order valence-corrected chi connectivity index (χ3v) is 6.41. The molecular weight excluding hydrogens is 420 g/mol. The largest absolute Gasteiger partial charge is 0.308 e. The molecule has 0 radical (unpaired) electrons. The highest BCUT2D eigenvalue weighted by molar-refractivity contribution is 7.98. The summed E-state index contributed by atoms with van der Waals surface area (Å²) in [5, 5.41) is 4.09. The second-order valence-electron chi connectivity index (χ2n) is 7.21. The van der Waals surface area contributed by atoms with E-state index in [0.717, 1.165) is 34.6 Å². The SMILES string of the molecule is Cn1cc(C(=O)N2CCc3cc(SCc4ccccc4)ccc32)c(NS(C)(=O)=O)n1. The molecule has 0 saturated heterocycles. The van der Waals surface area contributed by atoms with Crippen molar-refractivity contribution < 1.29 is 13.2 Å². The van der Waals surface area contributed by atoms with Gasteiger partial charge in [-0.15, -0.1) is 11.8 Å². The predicted octanol–water partition coefficient (Wildman–Crippen LogP) is 3.29. The highest BCUT2D eigenvalue weighted by atomic mass is 32.2. The van der Waals surface area contributed by atoms with Gasteiger partial charge in [-0.1, -0.05) is 30.3 Å². The molecule has 1 aliphatic rings. The molecule has 1 aliphatic heterocycles. The monoisotopic (exact) mass is 442 g/mol. The van der Waals surface area contributed by atoms with E-state index in [1.807, 2.05) is 30.3 Å². The number of sulfonamides is 1. The minimum absolute atomic E-state index is 0.0495. The van der Waals surface area contributed by atoms with E-state index < -0.39 is 10.0 Å². The van der Waals surface area contributed by atoms with E-state index in [1.54, 1.807) is 23.7 Å². The molecule has 4 rings (SSSR count). The molecule has 0 spiro atoms. The fourth-order valence-corrected chi connectivity index (χ4v) is 4.88. The first-order valence-electron chi connectivity index (χ1n) is 9.43. The Morgan fingerprint density at radius 2 is 1.97 bits per heavy atom. The number of anilines is 2. The van der Waals surface area contributed by atoms with Gasteiger partial charge in [0.05, 0.1) is 6.26 Å². The van der Waals surface area contributed by atoms with Crippen LogP contribution < -0.4 is 9.62 Å². The van der Waals surface area contributed by atoms with E-state index >= 15 is 0 Å². The average molecular weight is 443 g/mol. The Kier molecular flexibility index (Phi) is 5.57. The number of thioether (sulfide) groups is 1. The van der Waals surface area contributed by atoms with Gasteiger partial charge in [-0.05, 0) is 35.7 Å². The normalized spacial score (nSPS) is 13.3. The van der Waals surface area contributed by atoms with Crippen molar-refractivity contribution in [3.05, 3.63) is 71.4 Å². The van der Waals surface area contributed by atoms with Gasteiger partial charge in [0.2, 0.25) is 10.0 Å². The van der Waals surface area contributed by atoms with Crippen LogP contribution in [-0.2, 0) is 29.2 Å². The Morgan fingerprint density at radius 1 is 1.20 bits per heavy atom. The summed E-state index contributed by atoms with van der Waals surface area (Å²) in [4.78, 5) is 16.0. The molecular formula is C21H22N4O3S2. The molecule has 1 amide bonds. The van der Waals surface area contributed by atoms with Gasteiger partial charge in [0.1, 0.15) is 5.56 Å². The van der Waals surface area contributed by atoms with E-state index in [9.17, 15) is 13.2 Å². The lowest BCUT2D eigenvalue weighted by Gasteiger charge is -2.17. The van der Waals surface area contributed by atoms with Crippen molar-refractivity contribution in [2.75, 3.05) is 22.4 Å². The summed E-state index contributed by atoms with van der Waals surface area (Å²) in [5.41, 5.74) is 3.47. The molecule has 1 aromatic heterocycles. The van der Waals surface area contributed by atoms with E-state index in [-0.39, 0.29) is 17.3 Å². The summed E-state index contributed by atoms with van der Waals surface area (Å²) in [6.45, 7) is 0.550. The van der Waals surface area contributed by atoms with E-state index in [1.165, 1.54) is 16.4 Å². The van der Waals surface area contributed by atoms with E-state index in [4.69, 9.17) is 0 Å².